The minimum Gasteiger partial charge on any atom is -0.497 e. The molecule has 0 radical (unpaired) electrons. The maximum Gasteiger partial charge on any atom is 0.333 e. The second kappa shape index (κ2) is 11.5. The third-order valence-corrected chi connectivity index (χ3v) is 4.47. The summed E-state index contributed by atoms with van der Waals surface area (Å²) < 4.78 is 20.1. The number of hydrogen-bond acceptors (Lipinski definition) is 6. The summed E-state index contributed by atoms with van der Waals surface area (Å²) in [4.78, 5) is 24.5. The predicted octanol–water partition coefficient (Wildman–Crippen LogP) is 4.30. The largest absolute Gasteiger partial charge is 0.497 e. The minimum absolute atomic E-state index is 0.315. The Morgan fingerprint density at radius 2 is 0.967 bits per heavy atom. The van der Waals surface area contributed by atoms with Gasteiger partial charge in [-0.2, -0.15) is 0 Å². The van der Waals surface area contributed by atoms with Gasteiger partial charge in [0, 0.05) is 11.1 Å². The predicted molar refractivity (Wildman–Crippen MR) is 115 cm³/mol. The third-order valence-electron chi connectivity index (χ3n) is 4.47. The maximum atomic E-state index is 12.3. The average molecular weight is 410 g/mol. The molecule has 158 valence electrons. The second-order valence-electron chi connectivity index (χ2n) is 6.37. The smallest absolute Gasteiger partial charge is 0.333 e. The molecule has 6 nitrogen and oxygen atoms in total. The Morgan fingerprint density at radius 3 is 1.23 bits per heavy atom. The number of carbonyl (C=O) groups is 2. The van der Waals surface area contributed by atoms with Crippen molar-refractivity contribution in [2.24, 2.45) is 0 Å². The number of carbonyl (C=O) groups excluding carboxylic acids is 2. The first kappa shape index (κ1) is 22.7. The molecular formula is C24H26O6. The fraction of sp³-hybridized carbons (Fsp3) is 0.250. The van der Waals surface area contributed by atoms with Crippen molar-refractivity contribution in [3.05, 3.63) is 70.8 Å². The topological polar surface area (TPSA) is 71.1 Å². The third kappa shape index (κ3) is 6.51. The Morgan fingerprint density at radius 1 is 0.633 bits per heavy atom. The van der Waals surface area contributed by atoms with Crippen molar-refractivity contribution < 1.29 is 28.5 Å². The van der Waals surface area contributed by atoms with E-state index in [0.717, 1.165) is 22.6 Å². The molecule has 0 amide bonds. The van der Waals surface area contributed by atoms with E-state index in [1.165, 1.54) is 14.2 Å². The van der Waals surface area contributed by atoms with Crippen molar-refractivity contribution >= 4 is 24.1 Å². The lowest BCUT2D eigenvalue weighted by atomic mass is 10.0. The van der Waals surface area contributed by atoms with Crippen molar-refractivity contribution in [2.45, 2.75) is 12.8 Å². The fourth-order valence-electron chi connectivity index (χ4n) is 2.80. The highest BCUT2D eigenvalue weighted by Gasteiger charge is 2.15. The Labute approximate surface area is 176 Å². The van der Waals surface area contributed by atoms with Crippen LogP contribution in [0.1, 0.15) is 24.0 Å². The highest BCUT2D eigenvalue weighted by molar-refractivity contribution is 5.96. The summed E-state index contributed by atoms with van der Waals surface area (Å²) in [5.41, 5.74) is 2.56. The SMILES string of the molecule is COC(=O)/C(=C/c1ccc(OC)cc1)CC/C(=C\c1ccc(OC)cc1)C(=O)OC. The van der Waals surface area contributed by atoms with Crippen LogP contribution < -0.4 is 9.47 Å². The van der Waals surface area contributed by atoms with Crippen molar-refractivity contribution in [3.63, 3.8) is 0 Å². The number of rotatable bonds is 9. The summed E-state index contributed by atoms with van der Waals surface area (Å²) in [5.74, 6) is 0.559. The summed E-state index contributed by atoms with van der Waals surface area (Å²) in [7, 11) is 5.85. The van der Waals surface area contributed by atoms with Crippen molar-refractivity contribution in [3.8, 4) is 11.5 Å². The van der Waals surface area contributed by atoms with Crippen LogP contribution in [0.2, 0.25) is 0 Å². The van der Waals surface area contributed by atoms with Crippen LogP contribution in [0.15, 0.2) is 59.7 Å². The zero-order valence-electron chi connectivity index (χ0n) is 17.6. The van der Waals surface area contributed by atoms with Gasteiger partial charge < -0.3 is 18.9 Å². The van der Waals surface area contributed by atoms with Gasteiger partial charge in [-0.1, -0.05) is 24.3 Å². The lowest BCUT2D eigenvalue weighted by Crippen LogP contribution is -2.09. The van der Waals surface area contributed by atoms with E-state index in [2.05, 4.69) is 0 Å². The number of benzene rings is 2. The van der Waals surface area contributed by atoms with E-state index in [-0.39, 0.29) is 0 Å². The molecule has 0 aliphatic carbocycles. The lowest BCUT2D eigenvalue weighted by Gasteiger charge is -2.09. The van der Waals surface area contributed by atoms with Crippen molar-refractivity contribution in [2.75, 3.05) is 28.4 Å². The van der Waals surface area contributed by atoms with Crippen LogP contribution in [0.25, 0.3) is 12.2 Å². The van der Waals surface area contributed by atoms with E-state index in [4.69, 9.17) is 18.9 Å². The molecule has 0 unspecified atom stereocenters. The van der Waals surface area contributed by atoms with E-state index in [1.54, 1.807) is 26.4 Å². The normalized spacial score (nSPS) is 11.6. The van der Waals surface area contributed by atoms with Crippen molar-refractivity contribution in [1.82, 2.24) is 0 Å². The van der Waals surface area contributed by atoms with Crippen LogP contribution in [0, 0.1) is 0 Å². The Balaban J connectivity index is 2.25. The van der Waals surface area contributed by atoms with Gasteiger partial charge in [-0.05, 0) is 60.4 Å². The summed E-state index contributed by atoms with van der Waals surface area (Å²) >= 11 is 0. The summed E-state index contributed by atoms with van der Waals surface area (Å²) in [6, 6.07) is 14.6. The molecule has 0 fully saturated rings. The standard InChI is InChI=1S/C24H26O6/c1-27-21-11-5-17(6-12-21)15-19(23(25)29-3)9-10-20(24(26)30-4)16-18-7-13-22(28-2)14-8-18/h5-8,11-16H,9-10H2,1-4H3/b19-15+,20-16+. The first-order chi connectivity index (χ1) is 14.5. The molecule has 2 aromatic rings. The van der Waals surface area contributed by atoms with E-state index in [1.807, 2.05) is 48.5 Å². The zero-order chi connectivity index (χ0) is 21.9. The van der Waals surface area contributed by atoms with E-state index in [9.17, 15) is 9.59 Å². The number of esters is 2. The maximum absolute atomic E-state index is 12.3. The molecule has 0 atom stereocenters. The fourth-order valence-corrected chi connectivity index (χ4v) is 2.80. The van der Waals surface area contributed by atoms with Gasteiger partial charge in [0.05, 0.1) is 28.4 Å². The highest BCUT2D eigenvalue weighted by Crippen LogP contribution is 2.22. The molecule has 30 heavy (non-hydrogen) atoms. The van der Waals surface area contributed by atoms with Gasteiger partial charge in [0.15, 0.2) is 0 Å². The van der Waals surface area contributed by atoms with Gasteiger partial charge >= 0.3 is 11.9 Å². The van der Waals surface area contributed by atoms with Crippen LogP contribution in [-0.4, -0.2) is 40.4 Å². The van der Waals surface area contributed by atoms with E-state index >= 15 is 0 Å². The first-order valence-electron chi connectivity index (χ1n) is 9.36. The molecular weight excluding hydrogens is 384 g/mol. The Bertz CT molecular complexity index is 830. The van der Waals surface area contributed by atoms with Crippen molar-refractivity contribution in [1.29, 1.82) is 0 Å². The van der Waals surface area contributed by atoms with Gasteiger partial charge in [0.25, 0.3) is 0 Å². The molecule has 0 saturated heterocycles. The lowest BCUT2D eigenvalue weighted by molar-refractivity contribution is -0.137. The van der Waals surface area contributed by atoms with Gasteiger partial charge in [-0.15, -0.1) is 0 Å². The molecule has 0 spiro atoms. The van der Waals surface area contributed by atoms with E-state index in [0.29, 0.717) is 24.0 Å². The molecule has 2 rings (SSSR count). The van der Waals surface area contributed by atoms with Crippen LogP contribution >= 0.6 is 0 Å². The minimum atomic E-state index is -0.445. The van der Waals surface area contributed by atoms with Gasteiger partial charge in [0.2, 0.25) is 0 Å². The molecule has 0 heterocycles. The van der Waals surface area contributed by atoms with Crippen LogP contribution in [0.3, 0.4) is 0 Å². The molecule has 0 N–H and O–H groups in total. The van der Waals surface area contributed by atoms with Gasteiger partial charge in [-0.25, -0.2) is 9.59 Å². The number of ether oxygens (including phenoxy) is 4. The van der Waals surface area contributed by atoms with Gasteiger partial charge in [-0.3, -0.25) is 0 Å². The summed E-state index contributed by atoms with van der Waals surface area (Å²) in [5, 5.41) is 0. The first-order valence-corrected chi connectivity index (χ1v) is 9.36. The Kier molecular flexibility index (Phi) is 8.69. The molecule has 0 aliphatic heterocycles. The monoisotopic (exact) mass is 410 g/mol. The van der Waals surface area contributed by atoms with Crippen LogP contribution in [-0.2, 0) is 19.1 Å². The average Bonchev–Trinajstić information content (AvgIpc) is 2.80. The molecule has 0 saturated carbocycles. The highest BCUT2D eigenvalue weighted by atomic mass is 16.5. The molecule has 0 aromatic heterocycles. The zero-order valence-corrected chi connectivity index (χ0v) is 17.6. The van der Waals surface area contributed by atoms with Gasteiger partial charge in [0.1, 0.15) is 11.5 Å². The second-order valence-corrected chi connectivity index (χ2v) is 6.37. The van der Waals surface area contributed by atoms with E-state index < -0.39 is 11.9 Å². The molecule has 2 aromatic carbocycles. The number of methoxy groups -OCH3 is 4. The summed E-state index contributed by atoms with van der Waals surface area (Å²) in [6.45, 7) is 0. The molecule has 0 aliphatic rings. The van der Waals surface area contributed by atoms with Crippen LogP contribution in [0.4, 0.5) is 0 Å². The summed E-state index contributed by atoms with van der Waals surface area (Å²) in [6.07, 6.45) is 4.12. The molecule has 6 heteroatoms. The molecule has 0 bridgehead atoms. The Hall–Kier alpha value is -3.54. The van der Waals surface area contributed by atoms with Crippen LogP contribution in [0.5, 0.6) is 11.5 Å². The quantitative estimate of drug-likeness (QED) is 0.454. The number of hydrogen-bond donors (Lipinski definition) is 0.